The summed E-state index contributed by atoms with van der Waals surface area (Å²) in [5, 5.41) is -0.131. The van der Waals surface area contributed by atoms with E-state index in [0.29, 0.717) is 0 Å². The van der Waals surface area contributed by atoms with Gasteiger partial charge in [-0.3, -0.25) is 9.78 Å². The monoisotopic (exact) mass is 306 g/mol. The van der Waals surface area contributed by atoms with Crippen LogP contribution in [0, 0.1) is 0 Å². The minimum atomic E-state index is -4.81. The van der Waals surface area contributed by atoms with Crippen LogP contribution in [-0.4, -0.2) is 15.9 Å². The van der Waals surface area contributed by atoms with E-state index in [1.165, 1.54) is 0 Å². The number of benzene rings is 1. The number of aromatic nitrogens is 2. The molecule has 0 radical (unpaired) electrons. The molecule has 20 heavy (non-hydrogen) atoms. The number of H-pyrrole nitrogens is 1. The van der Waals surface area contributed by atoms with E-state index in [-0.39, 0.29) is 10.8 Å². The van der Waals surface area contributed by atoms with E-state index in [1.807, 2.05) is 0 Å². The number of nitrogens with one attached hydrogen (secondary N) is 1. The van der Waals surface area contributed by atoms with Crippen LogP contribution >= 0.6 is 11.6 Å². The van der Waals surface area contributed by atoms with Crippen molar-refractivity contribution in [3.63, 3.8) is 0 Å². The minimum Gasteiger partial charge on any atom is -0.406 e. The first-order valence-corrected chi connectivity index (χ1v) is 5.52. The quantitative estimate of drug-likeness (QED) is 0.864. The van der Waals surface area contributed by atoms with Crippen molar-refractivity contribution in [2.45, 2.75) is 6.36 Å². The molecule has 2 aromatic rings. The highest BCUT2D eigenvalue weighted by Crippen LogP contribution is 2.23. The summed E-state index contributed by atoms with van der Waals surface area (Å²) in [5.74, 6) is -0.459. The average molecular weight is 307 g/mol. The zero-order valence-corrected chi connectivity index (χ0v) is 10.3. The molecule has 9 heteroatoms. The highest BCUT2D eigenvalue weighted by molar-refractivity contribution is 6.29. The predicted molar refractivity (Wildman–Crippen MR) is 64.4 cm³/mol. The average Bonchev–Trinajstić information content (AvgIpc) is 2.28. The van der Waals surface area contributed by atoms with E-state index in [1.54, 1.807) is 0 Å². The standard InChI is InChI=1S/C11H6ClF3N2O3/c12-8-5-9(18)17(10(19)16-8)6-1-3-7(4-2-6)20-11(13,14)15/h1-5H,(H,16,19). The number of rotatable bonds is 2. The number of hydrogen-bond acceptors (Lipinski definition) is 3. The second kappa shape index (κ2) is 5.04. The lowest BCUT2D eigenvalue weighted by atomic mass is 10.3. The molecule has 0 atom stereocenters. The zero-order valence-electron chi connectivity index (χ0n) is 9.57. The number of hydrogen-bond donors (Lipinski definition) is 1. The Morgan fingerprint density at radius 2 is 1.75 bits per heavy atom. The first-order chi connectivity index (χ1) is 9.26. The van der Waals surface area contributed by atoms with Crippen LogP contribution < -0.4 is 16.0 Å². The summed E-state index contributed by atoms with van der Waals surface area (Å²) in [6.45, 7) is 0. The number of ether oxygens (including phenoxy) is 1. The van der Waals surface area contributed by atoms with Gasteiger partial charge in [-0.15, -0.1) is 13.2 Å². The molecule has 1 aromatic carbocycles. The van der Waals surface area contributed by atoms with Gasteiger partial charge in [-0.05, 0) is 24.3 Å². The number of alkyl halides is 3. The molecular weight excluding hydrogens is 301 g/mol. The lowest BCUT2D eigenvalue weighted by Gasteiger charge is -2.09. The van der Waals surface area contributed by atoms with Crippen molar-refractivity contribution in [2.75, 3.05) is 0 Å². The Morgan fingerprint density at radius 1 is 1.15 bits per heavy atom. The van der Waals surface area contributed by atoms with Crippen molar-refractivity contribution in [1.29, 1.82) is 0 Å². The van der Waals surface area contributed by atoms with Crippen LogP contribution in [0.1, 0.15) is 0 Å². The molecule has 1 N–H and O–H groups in total. The SMILES string of the molecule is O=c1cc(Cl)[nH]c(=O)n1-c1ccc(OC(F)(F)F)cc1. The summed E-state index contributed by atoms with van der Waals surface area (Å²) >= 11 is 5.49. The second-order valence-corrected chi connectivity index (χ2v) is 4.04. The summed E-state index contributed by atoms with van der Waals surface area (Å²) < 4.78 is 40.4. The summed E-state index contributed by atoms with van der Waals surface area (Å²) in [6, 6.07) is 5.24. The third-order valence-electron chi connectivity index (χ3n) is 2.23. The van der Waals surface area contributed by atoms with Gasteiger partial charge in [-0.25, -0.2) is 9.36 Å². The van der Waals surface area contributed by atoms with Gasteiger partial charge in [-0.2, -0.15) is 0 Å². The van der Waals surface area contributed by atoms with Crippen molar-refractivity contribution >= 4 is 11.6 Å². The van der Waals surface area contributed by atoms with Gasteiger partial charge in [0.2, 0.25) is 0 Å². The fourth-order valence-electron chi connectivity index (χ4n) is 1.51. The fourth-order valence-corrected chi connectivity index (χ4v) is 1.68. The van der Waals surface area contributed by atoms with Crippen molar-refractivity contribution in [3.05, 3.63) is 56.3 Å². The maximum atomic E-state index is 12.0. The Kier molecular flexibility index (Phi) is 3.58. The first-order valence-electron chi connectivity index (χ1n) is 5.14. The molecule has 0 fully saturated rings. The van der Waals surface area contributed by atoms with E-state index in [9.17, 15) is 22.8 Å². The van der Waals surface area contributed by atoms with Crippen LogP contribution in [0.25, 0.3) is 5.69 Å². The molecule has 0 unspecified atom stereocenters. The highest BCUT2D eigenvalue weighted by Gasteiger charge is 2.30. The van der Waals surface area contributed by atoms with Gasteiger partial charge in [0.05, 0.1) is 5.69 Å². The summed E-state index contributed by atoms with van der Waals surface area (Å²) in [5.41, 5.74) is -1.42. The maximum Gasteiger partial charge on any atom is 0.573 e. The molecule has 0 aliphatic carbocycles. The van der Waals surface area contributed by atoms with Gasteiger partial charge >= 0.3 is 12.1 Å². The molecule has 0 saturated heterocycles. The Morgan fingerprint density at radius 3 is 2.25 bits per heavy atom. The fraction of sp³-hybridized carbons (Fsp3) is 0.0909. The highest BCUT2D eigenvalue weighted by atomic mass is 35.5. The number of halogens is 4. The van der Waals surface area contributed by atoms with E-state index < -0.39 is 23.4 Å². The van der Waals surface area contributed by atoms with Crippen molar-refractivity contribution in [3.8, 4) is 11.4 Å². The topological polar surface area (TPSA) is 64.1 Å². The van der Waals surface area contributed by atoms with Crippen LogP contribution in [0.5, 0.6) is 5.75 Å². The van der Waals surface area contributed by atoms with Crippen LogP contribution in [0.15, 0.2) is 39.9 Å². The largest absolute Gasteiger partial charge is 0.573 e. The third kappa shape index (κ3) is 3.21. The van der Waals surface area contributed by atoms with Gasteiger partial charge in [-0.1, -0.05) is 11.6 Å². The molecule has 0 bridgehead atoms. The van der Waals surface area contributed by atoms with Crippen LogP contribution in [0.2, 0.25) is 5.15 Å². The molecule has 1 heterocycles. The van der Waals surface area contributed by atoms with Gasteiger partial charge < -0.3 is 4.74 Å². The summed E-state index contributed by atoms with van der Waals surface area (Å²) in [6.07, 6.45) is -4.81. The predicted octanol–water partition coefficient (Wildman–Crippen LogP) is 2.08. The van der Waals surface area contributed by atoms with Crippen LogP contribution in [0.3, 0.4) is 0 Å². The molecule has 0 aliphatic heterocycles. The molecule has 2 rings (SSSR count). The van der Waals surface area contributed by atoms with Crippen molar-refractivity contribution in [2.24, 2.45) is 0 Å². The molecular formula is C11H6ClF3N2O3. The molecule has 0 aliphatic rings. The van der Waals surface area contributed by atoms with Gasteiger partial charge in [0.1, 0.15) is 10.9 Å². The Balaban J connectivity index is 2.41. The molecule has 0 spiro atoms. The minimum absolute atomic E-state index is 0.0856. The molecule has 5 nitrogen and oxygen atoms in total. The third-order valence-corrected chi connectivity index (χ3v) is 2.43. The molecule has 106 valence electrons. The normalized spacial score (nSPS) is 11.4. The number of nitrogens with zero attached hydrogens (tertiary/aromatic N) is 1. The van der Waals surface area contributed by atoms with E-state index in [0.717, 1.165) is 34.9 Å². The Bertz CT molecular complexity index is 703. The Hall–Kier alpha value is -2.22. The molecule has 0 amide bonds. The van der Waals surface area contributed by atoms with Crippen molar-refractivity contribution in [1.82, 2.24) is 9.55 Å². The van der Waals surface area contributed by atoms with E-state index in [2.05, 4.69) is 9.72 Å². The summed E-state index contributed by atoms with van der Waals surface area (Å²) in [7, 11) is 0. The van der Waals surface area contributed by atoms with Crippen LogP contribution in [-0.2, 0) is 0 Å². The molecule has 1 aromatic heterocycles. The van der Waals surface area contributed by atoms with Gasteiger partial charge in [0.25, 0.3) is 5.56 Å². The second-order valence-electron chi connectivity index (χ2n) is 3.64. The lowest BCUT2D eigenvalue weighted by molar-refractivity contribution is -0.274. The van der Waals surface area contributed by atoms with Crippen molar-refractivity contribution < 1.29 is 17.9 Å². The van der Waals surface area contributed by atoms with E-state index in [4.69, 9.17) is 11.6 Å². The summed E-state index contributed by atoms with van der Waals surface area (Å²) in [4.78, 5) is 25.4. The van der Waals surface area contributed by atoms with E-state index >= 15 is 0 Å². The molecule has 0 saturated carbocycles. The lowest BCUT2D eigenvalue weighted by Crippen LogP contribution is -2.32. The van der Waals surface area contributed by atoms with Crippen LogP contribution in [0.4, 0.5) is 13.2 Å². The first kappa shape index (κ1) is 14.2. The van der Waals surface area contributed by atoms with Gasteiger partial charge in [0.15, 0.2) is 0 Å². The maximum absolute atomic E-state index is 12.0. The smallest absolute Gasteiger partial charge is 0.406 e. The number of aromatic amines is 1. The zero-order chi connectivity index (χ0) is 14.9. The van der Waals surface area contributed by atoms with Gasteiger partial charge in [0, 0.05) is 6.07 Å². The Labute approximate surface area is 114 Å².